The van der Waals surface area contributed by atoms with Gasteiger partial charge in [-0.1, -0.05) is 0 Å². The minimum absolute atomic E-state index is 0.719. The van der Waals surface area contributed by atoms with Crippen molar-refractivity contribution < 1.29 is 4.74 Å². The molecule has 1 saturated heterocycles. The van der Waals surface area contributed by atoms with Gasteiger partial charge in [-0.05, 0) is 26.9 Å². The zero-order valence-electron chi connectivity index (χ0n) is 7.47. The van der Waals surface area contributed by atoms with Crippen molar-refractivity contribution in [3.63, 3.8) is 0 Å². The largest absolute Gasteiger partial charge is 0.381 e. The van der Waals surface area contributed by atoms with Gasteiger partial charge in [0.2, 0.25) is 0 Å². The summed E-state index contributed by atoms with van der Waals surface area (Å²) in [7, 11) is 4.14. The second-order valence-corrected chi connectivity index (χ2v) is 3.11. The highest BCUT2D eigenvalue weighted by Crippen LogP contribution is 2.11. The fourth-order valence-electron chi connectivity index (χ4n) is 1.50. The SMILES string of the molecule is CNCN(C)C1CCOCC1. The molecule has 1 rings (SSSR count). The van der Waals surface area contributed by atoms with Gasteiger partial charge in [-0.2, -0.15) is 0 Å². The van der Waals surface area contributed by atoms with Gasteiger partial charge in [0.25, 0.3) is 0 Å². The molecule has 0 unspecified atom stereocenters. The maximum absolute atomic E-state index is 5.28. The van der Waals surface area contributed by atoms with Crippen LogP contribution in [0.3, 0.4) is 0 Å². The molecule has 66 valence electrons. The smallest absolute Gasteiger partial charge is 0.0480 e. The molecule has 0 aromatic rings. The molecule has 3 heteroatoms. The summed E-state index contributed by atoms with van der Waals surface area (Å²) in [6.07, 6.45) is 2.36. The van der Waals surface area contributed by atoms with Crippen LogP contribution in [0, 0.1) is 0 Å². The lowest BCUT2D eigenvalue weighted by Crippen LogP contribution is -2.40. The highest BCUT2D eigenvalue weighted by Gasteiger charge is 2.16. The molecule has 11 heavy (non-hydrogen) atoms. The van der Waals surface area contributed by atoms with Gasteiger partial charge in [-0.25, -0.2) is 0 Å². The third-order valence-corrected chi connectivity index (χ3v) is 2.22. The summed E-state index contributed by atoms with van der Waals surface area (Å²) in [6.45, 7) is 2.84. The van der Waals surface area contributed by atoms with Gasteiger partial charge in [0.1, 0.15) is 0 Å². The molecule has 0 atom stereocenters. The molecule has 1 fully saturated rings. The maximum atomic E-state index is 5.28. The van der Waals surface area contributed by atoms with E-state index in [1.807, 2.05) is 7.05 Å². The predicted octanol–water partition coefficient (Wildman–Crippen LogP) is 0.274. The van der Waals surface area contributed by atoms with Crippen molar-refractivity contribution in [1.82, 2.24) is 10.2 Å². The number of nitrogens with zero attached hydrogens (tertiary/aromatic N) is 1. The highest BCUT2D eigenvalue weighted by atomic mass is 16.5. The first-order valence-corrected chi connectivity index (χ1v) is 4.27. The predicted molar refractivity (Wildman–Crippen MR) is 45.5 cm³/mol. The lowest BCUT2D eigenvalue weighted by Gasteiger charge is -2.30. The Morgan fingerprint density at radius 1 is 1.45 bits per heavy atom. The molecule has 0 spiro atoms. The third kappa shape index (κ3) is 2.77. The van der Waals surface area contributed by atoms with Crippen LogP contribution >= 0.6 is 0 Å². The summed E-state index contributed by atoms with van der Waals surface area (Å²) in [5, 5.41) is 3.15. The lowest BCUT2D eigenvalue weighted by atomic mass is 10.1. The quantitative estimate of drug-likeness (QED) is 0.597. The molecule has 0 bridgehead atoms. The Balaban J connectivity index is 2.21. The molecule has 1 N–H and O–H groups in total. The first kappa shape index (κ1) is 8.97. The van der Waals surface area contributed by atoms with Crippen LogP contribution in [0.15, 0.2) is 0 Å². The first-order chi connectivity index (χ1) is 5.34. The van der Waals surface area contributed by atoms with E-state index < -0.39 is 0 Å². The van der Waals surface area contributed by atoms with Gasteiger partial charge < -0.3 is 10.1 Å². The van der Waals surface area contributed by atoms with Gasteiger partial charge in [0, 0.05) is 25.9 Å². The van der Waals surface area contributed by atoms with E-state index in [4.69, 9.17) is 4.74 Å². The summed E-state index contributed by atoms with van der Waals surface area (Å²) in [4.78, 5) is 2.35. The Morgan fingerprint density at radius 3 is 2.64 bits per heavy atom. The van der Waals surface area contributed by atoms with Crippen LogP contribution in [0.25, 0.3) is 0 Å². The van der Waals surface area contributed by atoms with Crippen LogP contribution in [-0.2, 0) is 4.74 Å². The Bertz CT molecular complexity index is 102. The topological polar surface area (TPSA) is 24.5 Å². The van der Waals surface area contributed by atoms with Crippen LogP contribution in [-0.4, -0.2) is 44.9 Å². The lowest BCUT2D eigenvalue weighted by molar-refractivity contribution is 0.0413. The summed E-state index contributed by atoms with van der Waals surface area (Å²) in [5.74, 6) is 0. The number of hydrogen-bond acceptors (Lipinski definition) is 3. The first-order valence-electron chi connectivity index (χ1n) is 4.27. The molecule has 0 aromatic heterocycles. The van der Waals surface area contributed by atoms with E-state index in [-0.39, 0.29) is 0 Å². The zero-order chi connectivity index (χ0) is 8.10. The van der Waals surface area contributed by atoms with Gasteiger partial charge in [0.05, 0.1) is 0 Å². The van der Waals surface area contributed by atoms with Crippen LogP contribution in [0.1, 0.15) is 12.8 Å². The monoisotopic (exact) mass is 158 g/mol. The minimum Gasteiger partial charge on any atom is -0.381 e. The van der Waals surface area contributed by atoms with E-state index in [1.54, 1.807) is 0 Å². The summed E-state index contributed by atoms with van der Waals surface area (Å²) in [5.41, 5.74) is 0. The Morgan fingerprint density at radius 2 is 2.09 bits per heavy atom. The van der Waals surface area contributed by atoms with Crippen molar-refractivity contribution in [2.45, 2.75) is 18.9 Å². The van der Waals surface area contributed by atoms with Crippen LogP contribution in [0.5, 0.6) is 0 Å². The average Bonchev–Trinajstić information content (AvgIpc) is 2.07. The standard InChI is InChI=1S/C8H18N2O/c1-9-7-10(2)8-3-5-11-6-4-8/h8-9H,3-7H2,1-2H3. The average molecular weight is 158 g/mol. The fourth-order valence-corrected chi connectivity index (χ4v) is 1.50. The van der Waals surface area contributed by atoms with E-state index in [9.17, 15) is 0 Å². The Hall–Kier alpha value is -0.120. The zero-order valence-corrected chi connectivity index (χ0v) is 7.47. The van der Waals surface area contributed by atoms with Gasteiger partial charge in [-0.15, -0.1) is 0 Å². The van der Waals surface area contributed by atoms with E-state index in [0.29, 0.717) is 0 Å². The third-order valence-electron chi connectivity index (χ3n) is 2.22. The summed E-state index contributed by atoms with van der Waals surface area (Å²) < 4.78 is 5.28. The van der Waals surface area contributed by atoms with E-state index in [1.165, 1.54) is 12.8 Å². The minimum atomic E-state index is 0.719. The molecule has 3 nitrogen and oxygen atoms in total. The van der Waals surface area contributed by atoms with Crippen molar-refractivity contribution in [2.24, 2.45) is 0 Å². The second-order valence-electron chi connectivity index (χ2n) is 3.11. The summed E-state index contributed by atoms with van der Waals surface area (Å²) >= 11 is 0. The molecule has 1 aliphatic heterocycles. The molecule has 1 aliphatic rings. The number of rotatable bonds is 3. The normalized spacial score (nSPS) is 21.0. The number of nitrogens with one attached hydrogen (secondary N) is 1. The molecular formula is C8H18N2O. The van der Waals surface area contributed by atoms with Crippen molar-refractivity contribution in [1.29, 1.82) is 0 Å². The highest BCUT2D eigenvalue weighted by molar-refractivity contribution is 4.70. The van der Waals surface area contributed by atoms with E-state index in [0.717, 1.165) is 25.9 Å². The summed E-state index contributed by atoms with van der Waals surface area (Å²) in [6, 6.07) is 0.719. The van der Waals surface area contributed by atoms with Crippen LogP contribution in [0.2, 0.25) is 0 Å². The Kier molecular flexibility index (Phi) is 3.83. The van der Waals surface area contributed by atoms with Crippen molar-refractivity contribution in [3.05, 3.63) is 0 Å². The maximum Gasteiger partial charge on any atom is 0.0480 e. The molecular weight excluding hydrogens is 140 g/mol. The van der Waals surface area contributed by atoms with E-state index >= 15 is 0 Å². The second kappa shape index (κ2) is 4.70. The van der Waals surface area contributed by atoms with Crippen molar-refractivity contribution in [2.75, 3.05) is 34.0 Å². The molecule has 0 aliphatic carbocycles. The van der Waals surface area contributed by atoms with Crippen LogP contribution in [0.4, 0.5) is 0 Å². The van der Waals surface area contributed by atoms with Crippen molar-refractivity contribution >= 4 is 0 Å². The van der Waals surface area contributed by atoms with E-state index in [2.05, 4.69) is 17.3 Å². The van der Waals surface area contributed by atoms with Gasteiger partial charge >= 0.3 is 0 Å². The molecule has 1 heterocycles. The molecule has 0 radical (unpaired) electrons. The molecule has 0 aromatic carbocycles. The van der Waals surface area contributed by atoms with Crippen molar-refractivity contribution in [3.8, 4) is 0 Å². The fraction of sp³-hybridized carbons (Fsp3) is 1.00. The number of hydrogen-bond donors (Lipinski definition) is 1. The number of ether oxygens (including phenoxy) is 1. The van der Waals surface area contributed by atoms with Crippen LogP contribution < -0.4 is 5.32 Å². The Labute approximate surface area is 68.7 Å². The molecule has 0 saturated carbocycles. The van der Waals surface area contributed by atoms with Gasteiger partial charge in [0.15, 0.2) is 0 Å². The molecule has 0 amide bonds. The van der Waals surface area contributed by atoms with Gasteiger partial charge in [-0.3, -0.25) is 4.90 Å².